The normalized spacial score (nSPS) is 20.3. The number of aromatic nitrogens is 2. The summed E-state index contributed by atoms with van der Waals surface area (Å²) in [5.41, 5.74) is 1.02. The largest absolute Gasteiger partial charge is 0.480 e. The minimum atomic E-state index is -0.814. The molecule has 0 amide bonds. The summed E-state index contributed by atoms with van der Waals surface area (Å²) in [5, 5.41) is 12.5. The monoisotopic (exact) mass is 295 g/mol. The molecule has 0 saturated carbocycles. The Balaban J connectivity index is 1.87. The standard InChI is InChI=1S/C15H25N3O3/c1-2-6-18-11-16-9-12(18)10-17-14(15(19)20)8-13-5-3-4-7-21-13/h9,11,13-14,17H,2-8,10H2,1H3,(H,19,20). The van der Waals surface area contributed by atoms with Gasteiger partial charge in [0.2, 0.25) is 0 Å². The fraction of sp³-hybridized carbons (Fsp3) is 0.733. The van der Waals surface area contributed by atoms with Crippen molar-refractivity contribution in [3.05, 3.63) is 18.2 Å². The van der Waals surface area contributed by atoms with Gasteiger partial charge in [-0.3, -0.25) is 10.1 Å². The second-order valence-corrected chi connectivity index (χ2v) is 5.57. The Kier molecular flexibility index (Phi) is 6.20. The number of carboxylic acids is 1. The van der Waals surface area contributed by atoms with Crippen LogP contribution in [0.2, 0.25) is 0 Å². The highest BCUT2D eigenvalue weighted by molar-refractivity contribution is 5.73. The molecule has 1 aromatic heterocycles. The molecule has 2 atom stereocenters. The van der Waals surface area contributed by atoms with Crippen LogP contribution >= 0.6 is 0 Å². The van der Waals surface area contributed by atoms with Crippen molar-refractivity contribution in [2.75, 3.05) is 6.61 Å². The topological polar surface area (TPSA) is 76.4 Å². The van der Waals surface area contributed by atoms with Gasteiger partial charge in [-0.1, -0.05) is 6.92 Å². The van der Waals surface area contributed by atoms with E-state index in [0.717, 1.165) is 44.5 Å². The quantitative estimate of drug-likeness (QED) is 0.764. The number of nitrogens with zero attached hydrogens (tertiary/aromatic N) is 2. The Morgan fingerprint density at radius 2 is 2.48 bits per heavy atom. The Hall–Kier alpha value is -1.40. The third-order valence-corrected chi connectivity index (χ3v) is 3.86. The maximum atomic E-state index is 11.4. The summed E-state index contributed by atoms with van der Waals surface area (Å²) in [4.78, 5) is 15.5. The molecule has 1 saturated heterocycles. The van der Waals surface area contributed by atoms with Crippen LogP contribution in [-0.2, 0) is 22.6 Å². The van der Waals surface area contributed by atoms with Crippen LogP contribution in [0.4, 0.5) is 0 Å². The second kappa shape index (κ2) is 8.14. The maximum Gasteiger partial charge on any atom is 0.320 e. The predicted octanol–water partition coefficient (Wildman–Crippen LogP) is 1.80. The van der Waals surface area contributed by atoms with Gasteiger partial charge in [0.1, 0.15) is 6.04 Å². The van der Waals surface area contributed by atoms with E-state index in [1.54, 1.807) is 12.5 Å². The number of carboxylic acid groups (broad SMARTS) is 1. The lowest BCUT2D eigenvalue weighted by Crippen LogP contribution is -2.40. The molecule has 2 N–H and O–H groups in total. The summed E-state index contributed by atoms with van der Waals surface area (Å²) in [6, 6.07) is -0.571. The van der Waals surface area contributed by atoms with Crippen LogP contribution < -0.4 is 5.32 Å². The molecule has 0 bridgehead atoms. The molecular formula is C15H25N3O3. The fourth-order valence-electron chi connectivity index (χ4n) is 2.69. The number of nitrogens with one attached hydrogen (secondary N) is 1. The van der Waals surface area contributed by atoms with Gasteiger partial charge in [0.05, 0.1) is 18.1 Å². The van der Waals surface area contributed by atoms with Crippen LogP contribution in [0.1, 0.15) is 44.7 Å². The molecule has 2 unspecified atom stereocenters. The van der Waals surface area contributed by atoms with Crippen LogP contribution in [0.3, 0.4) is 0 Å². The lowest BCUT2D eigenvalue weighted by atomic mass is 10.0. The molecule has 0 spiro atoms. The van der Waals surface area contributed by atoms with Crippen LogP contribution in [0, 0.1) is 0 Å². The molecule has 2 heterocycles. The van der Waals surface area contributed by atoms with Crippen molar-refractivity contribution in [1.82, 2.24) is 14.9 Å². The highest BCUT2D eigenvalue weighted by atomic mass is 16.5. The van der Waals surface area contributed by atoms with E-state index in [9.17, 15) is 9.90 Å². The molecule has 2 rings (SSSR count). The average molecular weight is 295 g/mol. The molecule has 0 radical (unpaired) electrons. The summed E-state index contributed by atoms with van der Waals surface area (Å²) in [5.74, 6) is -0.814. The molecule has 0 aromatic carbocycles. The summed E-state index contributed by atoms with van der Waals surface area (Å²) >= 11 is 0. The van der Waals surface area contributed by atoms with Gasteiger partial charge in [0, 0.05) is 25.9 Å². The first-order valence-electron chi connectivity index (χ1n) is 7.77. The number of hydrogen-bond acceptors (Lipinski definition) is 4. The van der Waals surface area contributed by atoms with Crippen LogP contribution in [0.5, 0.6) is 0 Å². The van der Waals surface area contributed by atoms with E-state index in [1.165, 1.54) is 0 Å². The number of carbonyl (C=O) groups is 1. The molecule has 1 fully saturated rings. The lowest BCUT2D eigenvalue weighted by Gasteiger charge is -2.25. The molecule has 6 heteroatoms. The van der Waals surface area contributed by atoms with Crippen molar-refractivity contribution in [1.29, 1.82) is 0 Å². The zero-order valence-electron chi connectivity index (χ0n) is 12.6. The molecular weight excluding hydrogens is 270 g/mol. The van der Waals surface area contributed by atoms with Crippen molar-refractivity contribution in [2.45, 2.75) is 64.3 Å². The molecule has 1 aromatic rings. The van der Waals surface area contributed by atoms with Gasteiger partial charge < -0.3 is 14.4 Å². The van der Waals surface area contributed by atoms with Crippen molar-refractivity contribution >= 4 is 5.97 Å². The van der Waals surface area contributed by atoms with Crippen molar-refractivity contribution < 1.29 is 14.6 Å². The third-order valence-electron chi connectivity index (χ3n) is 3.86. The van der Waals surface area contributed by atoms with E-state index >= 15 is 0 Å². The van der Waals surface area contributed by atoms with E-state index in [-0.39, 0.29) is 6.10 Å². The molecule has 1 aliphatic heterocycles. The highest BCUT2D eigenvalue weighted by Gasteiger charge is 2.24. The van der Waals surface area contributed by atoms with Crippen LogP contribution in [0.25, 0.3) is 0 Å². The predicted molar refractivity (Wildman–Crippen MR) is 79.0 cm³/mol. The van der Waals surface area contributed by atoms with Gasteiger partial charge in [-0.25, -0.2) is 4.98 Å². The van der Waals surface area contributed by atoms with E-state index < -0.39 is 12.0 Å². The fourth-order valence-corrected chi connectivity index (χ4v) is 2.69. The zero-order valence-corrected chi connectivity index (χ0v) is 12.6. The first kappa shape index (κ1) is 16.0. The van der Waals surface area contributed by atoms with Gasteiger partial charge in [-0.2, -0.15) is 0 Å². The first-order valence-corrected chi connectivity index (χ1v) is 7.77. The Morgan fingerprint density at radius 3 is 3.14 bits per heavy atom. The number of imidazole rings is 1. The smallest absolute Gasteiger partial charge is 0.320 e. The molecule has 21 heavy (non-hydrogen) atoms. The van der Waals surface area contributed by atoms with Crippen molar-refractivity contribution in [3.63, 3.8) is 0 Å². The summed E-state index contributed by atoms with van der Waals surface area (Å²) in [7, 11) is 0. The van der Waals surface area contributed by atoms with Crippen LogP contribution in [-0.4, -0.2) is 39.4 Å². The van der Waals surface area contributed by atoms with Crippen LogP contribution in [0.15, 0.2) is 12.5 Å². The summed E-state index contributed by atoms with van der Waals surface area (Å²) in [6.45, 7) is 4.28. The minimum Gasteiger partial charge on any atom is -0.480 e. The van der Waals surface area contributed by atoms with Crippen molar-refractivity contribution in [3.8, 4) is 0 Å². The Labute approximate surface area is 125 Å². The van der Waals surface area contributed by atoms with E-state index in [1.807, 2.05) is 0 Å². The second-order valence-electron chi connectivity index (χ2n) is 5.57. The molecule has 6 nitrogen and oxygen atoms in total. The van der Waals surface area contributed by atoms with Gasteiger partial charge in [0.15, 0.2) is 0 Å². The van der Waals surface area contributed by atoms with Crippen molar-refractivity contribution in [2.24, 2.45) is 0 Å². The molecule has 0 aliphatic carbocycles. The van der Waals surface area contributed by atoms with Gasteiger partial charge >= 0.3 is 5.97 Å². The number of rotatable bonds is 8. The minimum absolute atomic E-state index is 0.0629. The number of aliphatic carboxylic acids is 1. The van der Waals surface area contributed by atoms with E-state index in [2.05, 4.69) is 21.8 Å². The maximum absolute atomic E-state index is 11.4. The number of hydrogen-bond donors (Lipinski definition) is 2. The van der Waals surface area contributed by atoms with E-state index in [4.69, 9.17) is 4.74 Å². The van der Waals surface area contributed by atoms with E-state index in [0.29, 0.717) is 13.0 Å². The number of aryl methyl sites for hydroxylation is 1. The first-order chi connectivity index (χ1) is 10.2. The zero-order chi connectivity index (χ0) is 15.1. The Bertz CT molecular complexity index is 441. The third kappa shape index (κ3) is 4.82. The Morgan fingerprint density at radius 1 is 1.62 bits per heavy atom. The lowest BCUT2D eigenvalue weighted by molar-refractivity contribution is -0.141. The average Bonchev–Trinajstić information content (AvgIpc) is 2.92. The SMILES string of the molecule is CCCn1cncc1CNC(CC1CCCCO1)C(=O)O. The summed E-state index contributed by atoms with van der Waals surface area (Å²) in [6.07, 6.45) is 8.36. The number of ether oxygens (including phenoxy) is 1. The van der Waals surface area contributed by atoms with Gasteiger partial charge in [-0.05, 0) is 32.1 Å². The molecule has 1 aliphatic rings. The summed E-state index contributed by atoms with van der Waals surface area (Å²) < 4.78 is 7.70. The van der Waals surface area contributed by atoms with Gasteiger partial charge in [0.25, 0.3) is 0 Å². The van der Waals surface area contributed by atoms with Gasteiger partial charge in [-0.15, -0.1) is 0 Å². The highest BCUT2D eigenvalue weighted by Crippen LogP contribution is 2.17. The molecule has 118 valence electrons.